The first-order chi connectivity index (χ1) is 11.8. The van der Waals surface area contributed by atoms with Crippen molar-refractivity contribution in [3.63, 3.8) is 0 Å². The van der Waals surface area contributed by atoms with Gasteiger partial charge in [-0.1, -0.05) is 19.3 Å². The monoisotopic (exact) mass is 347 g/mol. The SMILES string of the molecule is CCN1C(c2ccc3c(c2)OCO3)=NN(SC)C1C1CCCCC1. The van der Waals surface area contributed by atoms with Crippen LogP contribution in [0.4, 0.5) is 0 Å². The average molecular weight is 347 g/mol. The number of amidine groups is 1. The van der Waals surface area contributed by atoms with Crippen molar-refractivity contribution in [1.82, 2.24) is 9.31 Å². The second-order valence-electron chi connectivity index (χ2n) is 6.57. The minimum atomic E-state index is 0.310. The van der Waals surface area contributed by atoms with Crippen LogP contribution in [0.2, 0.25) is 0 Å². The first-order valence-corrected chi connectivity index (χ1v) is 10.1. The summed E-state index contributed by atoms with van der Waals surface area (Å²) in [7, 11) is 0. The molecule has 0 amide bonds. The van der Waals surface area contributed by atoms with Crippen molar-refractivity contribution in [2.45, 2.75) is 45.2 Å². The molecule has 4 rings (SSSR count). The molecule has 1 aromatic carbocycles. The number of nitrogens with zero attached hydrogens (tertiary/aromatic N) is 3. The highest BCUT2D eigenvalue weighted by atomic mass is 32.2. The van der Waals surface area contributed by atoms with Crippen LogP contribution in [0.25, 0.3) is 0 Å². The smallest absolute Gasteiger partial charge is 0.231 e. The number of hydrazone groups is 1. The first-order valence-electron chi connectivity index (χ1n) is 8.90. The Balaban J connectivity index is 1.64. The Bertz CT molecular complexity index is 631. The van der Waals surface area contributed by atoms with Crippen LogP contribution in [-0.2, 0) is 0 Å². The summed E-state index contributed by atoms with van der Waals surface area (Å²) < 4.78 is 13.2. The Labute approximate surface area is 148 Å². The van der Waals surface area contributed by atoms with Gasteiger partial charge in [-0.15, -0.1) is 5.10 Å². The minimum Gasteiger partial charge on any atom is -0.454 e. The molecule has 2 aliphatic heterocycles. The van der Waals surface area contributed by atoms with Crippen molar-refractivity contribution < 1.29 is 9.47 Å². The van der Waals surface area contributed by atoms with Gasteiger partial charge in [0.15, 0.2) is 17.3 Å². The van der Waals surface area contributed by atoms with Gasteiger partial charge in [0.05, 0.1) is 0 Å². The fraction of sp³-hybridized carbons (Fsp3) is 0.611. The van der Waals surface area contributed by atoms with Crippen molar-refractivity contribution in [3.05, 3.63) is 23.8 Å². The Morgan fingerprint density at radius 3 is 2.71 bits per heavy atom. The van der Waals surface area contributed by atoms with E-state index in [1.807, 2.05) is 6.07 Å². The molecular formula is C18H25N3O2S. The molecule has 1 fully saturated rings. The average Bonchev–Trinajstić information content (AvgIpc) is 3.25. The lowest BCUT2D eigenvalue weighted by atomic mass is 9.86. The van der Waals surface area contributed by atoms with E-state index in [0.717, 1.165) is 29.4 Å². The zero-order valence-electron chi connectivity index (χ0n) is 14.4. The summed E-state index contributed by atoms with van der Waals surface area (Å²) in [5.41, 5.74) is 1.11. The summed E-state index contributed by atoms with van der Waals surface area (Å²) in [6.45, 7) is 3.50. The molecule has 3 aliphatic rings. The summed E-state index contributed by atoms with van der Waals surface area (Å²) in [6.07, 6.45) is 9.18. The molecule has 0 bridgehead atoms. The third kappa shape index (κ3) is 2.70. The van der Waals surface area contributed by atoms with Crippen molar-refractivity contribution in [2.24, 2.45) is 11.0 Å². The molecule has 1 aliphatic carbocycles. The van der Waals surface area contributed by atoms with Crippen LogP contribution < -0.4 is 9.47 Å². The highest BCUT2D eigenvalue weighted by molar-refractivity contribution is 7.96. The van der Waals surface area contributed by atoms with E-state index < -0.39 is 0 Å². The Morgan fingerprint density at radius 1 is 1.17 bits per heavy atom. The summed E-state index contributed by atoms with van der Waals surface area (Å²) in [6, 6.07) is 6.15. The molecule has 0 spiro atoms. The summed E-state index contributed by atoms with van der Waals surface area (Å²) in [5.74, 6) is 3.40. The largest absolute Gasteiger partial charge is 0.454 e. The van der Waals surface area contributed by atoms with Gasteiger partial charge >= 0.3 is 0 Å². The van der Waals surface area contributed by atoms with Gasteiger partial charge in [-0.3, -0.25) is 0 Å². The van der Waals surface area contributed by atoms with Gasteiger partial charge in [0.1, 0.15) is 6.17 Å². The summed E-state index contributed by atoms with van der Waals surface area (Å²) in [5, 5.41) is 4.95. The number of hydrogen-bond acceptors (Lipinski definition) is 6. The van der Waals surface area contributed by atoms with Gasteiger partial charge in [0, 0.05) is 24.3 Å². The third-order valence-electron chi connectivity index (χ3n) is 5.24. The van der Waals surface area contributed by atoms with Gasteiger partial charge in [0.2, 0.25) is 6.79 Å². The fourth-order valence-electron chi connectivity index (χ4n) is 4.07. The first kappa shape index (κ1) is 15.9. The number of rotatable bonds is 4. The van der Waals surface area contributed by atoms with E-state index in [4.69, 9.17) is 14.6 Å². The standard InChI is InChI=1S/C18H25N3O2S/c1-3-20-17(14-9-10-15-16(11-14)23-12-22-15)19-21(24-2)18(20)13-7-5-4-6-8-13/h9-11,13,18H,3-8,12H2,1-2H3. The Hall–Kier alpha value is -1.56. The second kappa shape index (κ2) is 6.75. The molecule has 1 atom stereocenters. The molecule has 0 aromatic heterocycles. The van der Waals surface area contributed by atoms with Crippen LogP contribution in [0.5, 0.6) is 11.5 Å². The van der Waals surface area contributed by atoms with Crippen molar-refractivity contribution in [2.75, 3.05) is 19.6 Å². The molecule has 1 aromatic rings. The van der Waals surface area contributed by atoms with E-state index in [1.54, 1.807) is 11.9 Å². The molecule has 1 saturated carbocycles. The van der Waals surface area contributed by atoms with E-state index in [1.165, 1.54) is 32.1 Å². The number of fused-ring (bicyclic) bond motifs is 1. The Morgan fingerprint density at radius 2 is 1.96 bits per heavy atom. The van der Waals surface area contributed by atoms with Gasteiger partial charge in [-0.25, -0.2) is 4.41 Å². The van der Waals surface area contributed by atoms with Gasteiger partial charge < -0.3 is 14.4 Å². The summed E-state index contributed by atoms with van der Waals surface area (Å²) >= 11 is 1.73. The van der Waals surface area contributed by atoms with Gasteiger partial charge in [0.25, 0.3) is 0 Å². The van der Waals surface area contributed by atoms with E-state index in [0.29, 0.717) is 18.9 Å². The van der Waals surface area contributed by atoms with Crippen LogP contribution in [0, 0.1) is 5.92 Å². The van der Waals surface area contributed by atoms with Crippen molar-refractivity contribution >= 4 is 17.8 Å². The number of ether oxygens (including phenoxy) is 2. The predicted molar refractivity (Wildman–Crippen MR) is 97.2 cm³/mol. The zero-order valence-corrected chi connectivity index (χ0v) is 15.2. The van der Waals surface area contributed by atoms with Crippen LogP contribution in [0.1, 0.15) is 44.6 Å². The lowest BCUT2D eigenvalue weighted by Crippen LogP contribution is -2.45. The lowest BCUT2D eigenvalue weighted by molar-refractivity contribution is 0.123. The molecule has 0 radical (unpaired) electrons. The normalized spacial score (nSPS) is 23.8. The summed E-state index contributed by atoms with van der Waals surface area (Å²) in [4.78, 5) is 2.46. The topological polar surface area (TPSA) is 37.3 Å². The van der Waals surface area contributed by atoms with Gasteiger partial charge in [-0.05, 0) is 49.9 Å². The van der Waals surface area contributed by atoms with Crippen LogP contribution >= 0.6 is 11.9 Å². The third-order valence-corrected chi connectivity index (χ3v) is 5.91. The van der Waals surface area contributed by atoms with Gasteiger partial charge in [-0.2, -0.15) is 0 Å². The predicted octanol–water partition coefficient (Wildman–Crippen LogP) is 3.90. The fourth-order valence-corrected chi connectivity index (χ4v) is 4.73. The van der Waals surface area contributed by atoms with E-state index in [2.05, 4.69) is 34.6 Å². The van der Waals surface area contributed by atoms with Crippen molar-refractivity contribution in [1.29, 1.82) is 0 Å². The maximum atomic E-state index is 5.55. The van der Waals surface area contributed by atoms with Crippen LogP contribution in [-0.4, -0.2) is 40.9 Å². The van der Waals surface area contributed by atoms with Crippen molar-refractivity contribution in [3.8, 4) is 11.5 Å². The molecule has 0 saturated heterocycles. The molecular weight excluding hydrogens is 322 g/mol. The second-order valence-corrected chi connectivity index (χ2v) is 7.31. The number of hydrogen-bond donors (Lipinski definition) is 0. The Kier molecular flexibility index (Phi) is 4.48. The maximum Gasteiger partial charge on any atom is 0.231 e. The number of benzene rings is 1. The molecule has 6 heteroatoms. The lowest BCUT2D eigenvalue weighted by Gasteiger charge is -2.37. The van der Waals surface area contributed by atoms with Crippen LogP contribution in [0.15, 0.2) is 23.3 Å². The molecule has 1 unspecified atom stereocenters. The quantitative estimate of drug-likeness (QED) is 0.772. The van der Waals surface area contributed by atoms with E-state index >= 15 is 0 Å². The zero-order chi connectivity index (χ0) is 16.5. The molecule has 24 heavy (non-hydrogen) atoms. The highest BCUT2D eigenvalue weighted by Gasteiger charge is 2.39. The molecule has 130 valence electrons. The van der Waals surface area contributed by atoms with Crippen LogP contribution in [0.3, 0.4) is 0 Å². The highest BCUT2D eigenvalue weighted by Crippen LogP contribution is 2.39. The molecule has 2 heterocycles. The van der Waals surface area contributed by atoms with E-state index in [-0.39, 0.29) is 0 Å². The molecule has 5 nitrogen and oxygen atoms in total. The minimum absolute atomic E-state index is 0.310. The molecule has 0 N–H and O–H groups in total. The maximum absolute atomic E-state index is 5.55. The van der Waals surface area contributed by atoms with E-state index in [9.17, 15) is 0 Å².